The molecule has 1 atom stereocenters. The second kappa shape index (κ2) is 9.34. The summed E-state index contributed by atoms with van der Waals surface area (Å²) >= 11 is 0. The molecule has 3 N–H and O–H groups in total. The van der Waals surface area contributed by atoms with E-state index in [1.165, 1.54) is 0 Å². The van der Waals surface area contributed by atoms with Gasteiger partial charge < -0.3 is 15.7 Å². The van der Waals surface area contributed by atoms with Crippen molar-refractivity contribution >= 4 is 12.0 Å². The van der Waals surface area contributed by atoms with Crippen LogP contribution in [-0.2, 0) is 4.79 Å². The Labute approximate surface area is 108 Å². The van der Waals surface area contributed by atoms with E-state index in [-0.39, 0.29) is 5.92 Å². The fraction of sp³-hybridized carbons (Fsp3) is 0.692. The lowest BCUT2D eigenvalue weighted by Gasteiger charge is -2.16. The first-order valence-electron chi connectivity index (χ1n) is 6.18. The molecule has 0 radical (unpaired) electrons. The van der Waals surface area contributed by atoms with Crippen molar-refractivity contribution < 1.29 is 14.7 Å². The number of hydrogen-bond acceptors (Lipinski definition) is 2. The van der Waals surface area contributed by atoms with E-state index in [9.17, 15) is 9.59 Å². The minimum Gasteiger partial charge on any atom is -0.480 e. The Bertz CT molecular complexity index is 308. The van der Waals surface area contributed by atoms with Gasteiger partial charge in [-0.05, 0) is 25.2 Å². The first-order valence-corrected chi connectivity index (χ1v) is 6.18. The van der Waals surface area contributed by atoms with Gasteiger partial charge in [-0.1, -0.05) is 13.8 Å². The second-order valence-corrected chi connectivity index (χ2v) is 4.58. The van der Waals surface area contributed by atoms with Crippen molar-refractivity contribution in [2.45, 2.75) is 45.6 Å². The average molecular weight is 254 g/mol. The fourth-order valence-corrected chi connectivity index (χ4v) is 1.46. The average Bonchev–Trinajstić information content (AvgIpc) is 2.27. The molecule has 0 saturated heterocycles. The van der Waals surface area contributed by atoms with Crippen molar-refractivity contribution in [1.29, 1.82) is 0 Å². The van der Waals surface area contributed by atoms with Crippen LogP contribution in [0.4, 0.5) is 4.79 Å². The molecule has 0 aromatic rings. The predicted octanol–water partition coefficient (Wildman–Crippen LogP) is 1.59. The van der Waals surface area contributed by atoms with E-state index < -0.39 is 18.0 Å². The summed E-state index contributed by atoms with van der Waals surface area (Å²) in [5, 5.41) is 14.0. The Morgan fingerprint density at radius 3 is 2.50 bits per heavy atom. The number of aliphatic carboxylic acids is 1. The molecule has 0 aliphatic carbocycles. The van der Waals surface area contributed by atoms with Crippen LogP contribution in [0.3, 0.4) is 0 Å². The number of unbranched alkanes of at least 4 members (excludes halogenated alkanes) is 2. The van der Waals surface area contributed by atoms with Crippen LogP contribution in [0.15, 0.2) is 0 Å². The van der Waals surface area contributed by atoms with Crippen LogP contribution in [0.25, 0.3) is 0 Å². The molecule has 5 heteroatoms. The third-order valence-corrected chi connectivity index (χ3v) is 2.34. The van der Waals surface area contributed by atoms with Gasteiger partial charge in [-0.3, -0.25) is 0 Å². The van der Waals surface area contributed by atoms with Crippen LogP contribution < -0.4 is 10.6 Å². The largest absolute Gasteiger partial charge is 0.480 e. The number of carbonyl (C=O) groups excluding carboxylic acids is 1. The van der Waals surface area contributed by atoms with Gasteiger partial charge in [0.1, 0.15) is 6.04 Å². The van der Waals surface area contributed by atoms with Gasteiger partial charge in [-0.25, -0.2) is 9.59 Å². The van der Waals surface area contributed by atoms with Crippen LogP contribution in [0.5, 0.6) is 0 Å². The van der Waals surface area contributed by atoms with E-state index in [0.29, 0.717) is 19.4 Å². The highest BCUT2D eigenvalue weighted by Crippen LogP contribution is 2.04. The molecule has 0 rings (SSSR count). The Morgan fingerprint density at radius 1 is 1.33 bits per heavy atom. The van der Waals surface area contributed by atoms with E-state index in [4.69, 9.17) is 11.5 Å². The van der Waals surface area contributed by atoms with Gasteiger partial charge in [0.2, 0.25) is 0 Å². The number of carboxylic acid groups (broad SMARTS) is 1. The SMILES string of the molecule is C#CCCCCNC(=O)N[C@@H](CC(C)C)C(=O)O. The van der Waals surface area contributed by atoms with E-state index >= 15 is 0 Å². The van der Waals surface area contributed by atoms with Crippen molar-refractivity contribution in [3.05, 3.63) is 0 Å². The molecule has 0 spiro atoms. The summed E-state index contributed by atoms with van der Waals surface area (Å²) in [7, 11) is 0. The maximum Gasteiger partial charge on any atom is 0.326 e. The number of rotatable bonds is 8. The minimum atomic E-state index is -1.01. The monoisotopic (exact) mass is 254 g/mol. The van der Waals surface area contributed by atoms with E-state index in [2.05, 4.69) is 16.6 Å². The lowest BCUT2D eigenvalue weighted by Crippen LogP contribution is -2.46. The zero-order chi connectivity index (χ0) is 14.0. The molecule has 0 aromatic heterocycles. The smallest absolute Gasteiger partial charge is 0.326 e. The molecular weight excluding hydrogens is 232 g/mol. The molecule has 0 fully saturated rings. The normalized spacial score (nSPS) is 11.7. The van der Waals surface area contributed by atoms with Crippen molar-refractivity contribution in [2.75, 3.05) is 6.54 Å². The van der Waals surface area contributed by atoms with E-state index in [1.807, 2.05) is 13.8 Å². The molecule has 0 bridgehead atoms. The number of carbonyl (C=O) groups is 2. The standard InChI is InChI=1S/C13H22N2O3/c1-4-5-6-7-8-14-13(18)15-11(12(16)17)9-10(2)3/h1,10-11H,5-9H2,2-3H3,(H,16,17)(H2,14,15,18)/t11-/m0/s1. The van der Waals surface area contributed by atoms with E-state index in [0.717, 1.165) is 12.8 Å². The van der Waals surface area contributed by atoms with E-state index in [1.54, 1.807) is 0 Å². The molecular formula is C13H22N2O3. The van der Waals surface area contributed by atoms with Crippen LogP contribution in [-0.4, -0.2) is 29.7 Å². The Hall–Kier alpha value is -1.70. The summed E-state index contributed by atoms with van der Waals surface area (Å²) in [5.41, 5.74) is 0. The van der Waals surface area contributed by atoms with Crippen molar-refractivity contribution in [3.63, 3.8) is 0 Å². The highest BCUT2D eigenvalue weighted by molar-refractivity contribution is 5.82. The summed E-state index contributed by atoms with van der Waals surface area (Å²) in [6.45, 7) is 4.33. The summed E-state index contributed by atoms with van der Waals surface area (Å²) in [6, 6.07) is -1.28. The molecule has 2 amide bonds. The topological polar surface area (TPSA) is 78.4 Å². The van der Waals surface area contributed by atoms with Gasteiger partial charge in [0, 0.05) is 13.0 Å². The predicted molar refractivity (Wildman–Crippen MR) is 70.1 cm³/mol. The molecule has 0 saturated carbocycles. The number of urea groups is 1. The number of hydrogen-bond donors (Lipinski definition) is 3. The van der Waals surface area contributed by atoms with Crippen LogP contribution in [0.2, 0.25) is 0 Å². The Morgan fingerprint density at radius 2 is 2.00 bits per heavy atom. The van der Waals surface area contributed by atoms with Gasteiger partial charge in [0.05, 0.1) is 0 Å². The fourth-order valence-electron chi connectivity index (χ4n) is 1.46. The number of nitrogens with one attached hydrogen (secondary N) is 2. The zero-order valence-corrected chi connectivity index (χ0v) is 11.0. The number of carboxylic acids is 1. The van der Waals surface area contributed by atoms with Gasteiger partial charge in [-0.2, -0.15) is 0 Å². The molecule has 5 nitrogen and oxygen atoms in total. The highest BCUT2D eigenvalue weighted by Gasteiger charge is 2.20. The van der Waals surface area contributed by atoms with Crippen molar-refractivity contribution in [2.24, 2.45) is 5.92 Å². The Kier molecular flexibility index (Phi) is 8.46. The third kappa shape index (κ3) is 8.45. The number of terminal acetylenes is 1. The molecule has 18 heavy (non-hydrogen) atoms. The lowest BCUT2D eigenvalue weighted by molar-refractivity contribution is -0.139. The molecule has 0 heterocycles. The van der Waals surface area contributed by atoms with Crippen LogP contribution in [0.1, 0.15) is 39.5 Å². The van der Waals surface area contributed by atoms with Crippen LogP contribution >= 0.6 is 0 Å². The molecule has 0 unspecified atom stereocenters. The van der Waals surface area contributed by atoms with Crippen molar-refractivity contribution in [3.8, 4) is 12.3 Å². The maximum atomic E-state index is 11.4. The maximum absolute atomic E-state index is 11.4. The summed E-state index contributed by atoms with van der Waals surface area (Å²) in [4.78, 5) is 22.4. The van der Waals surface area contributed by atoms with Crippen molar-refractivity contribution in [1.82, 2.24) is 10.6 Å². The first-order chi connectivity index (χ1) is 8.47. The lowest BCUT2D eigenvalue weighted by atomic mass is 10.0. The molecule has 102 valence electrons. The summed E-state index contributed by atoms with van der Waals surface area (Å²) in [6.07, 6.45) is 7.85. The Balaban J connectivity index is 3.89. The summed E-state index contributed by atoms with van der Waals surface area (Å²) in [5.74, 6) is 1.72. The van der Waals surface area contributed by atoms with Gasteiger partial charge in [0.15, 0.2) is 0 Å². The van der Waals surface area contributed by atoms with Gasteiger partial charge >= 0.3 is 12.0 Å². The highest BCUT2D eigenvalue weighted by atomic mass is 16.4. The number of amides is 2. The molecule has 0 aliphatic heterocycles. The summed E-state index contributed by atoms with van der Waals surface area (Å²) < 4.78 is 0. The zero-order valence-electron chi connectivity index (χ0n) is 11.0. The van der Waals surface area contributed by atoms with Gasteiger partial charge in [0.25, 0.3) is 0 Å². The third-order valence-electron chi connectivity index (χ3n) is 2.34. The second-order valence-electron chi connectivity index (χ2n) is 4.58. The molecule has 0 aliphatic rings. The minimum absolute atomic E-state index is 0.210. The van der Waals surface area contributed by atoms with Crippen LogP contribution in [0, 0.1) is 18.3 Å². The first kappa shape index (κ1) is 16.3. The van der Waals surface area contributed by atoms with Gasteiger partial charge in [-0.15, -0.1) is 12.3 Å². The quantitative estimate of drug-likeness (QED) is 0.454. The molecule has 0 aromatic carbocycles.